The Labute approximate surface area is 104 Å². The fourth-order valence-electron chi connectivity index (χ4n) is 1.52. The van der Waals surface area contributed by atoms with Crippen molar-refractivity contribution in [1.29, 1.82) is 0 Å². The van der Waals surface area contributed by atoms with Crippen LogP contribution in [0.2, 0.25) is 0 Å². The third kappa shape index (κ3) is 6.78. The number of thioether (sulfide) groups is 1. The van der Waals surface area contributed by atoms with Crippen LogP contribution in [0, 0.1) is 0 Å². The highest BCUT2D eigenvalue weighted by atomic mass is 32.2. The smallest absolute Gasteiger partial charge is 0.0340 e. The molecule has 1 nitrogen and oxygen atoms in total. The van der Waals surface area contributed by atoms with Crippen LogP contribution < -0.4 is 5.32 Å². The second kappa shape index (κ2) is 9.59. The SMILES string of the molecule is CCCCCSCCCNc1ccccc1. The van der Waals surface area contributed by atoms with Crippen LogP contribution in [0.25, 0.3) is 0 Å². The molecule has 0 radical (unpaired) electrons. The van der Waals surface area contributed by atoms with E-state index in [2.05, 4.69) is 54.3 Å². The first-order chi connectivity index (χ1) is 7.93. The Morgan fingerprint density at radius 2 is 1.75 bits per heavy atom. The lowest BCUT2D eigenvalue weighted by Crippen LogP contribution is -2.02. The van der Waals surface area contributed by atoms with Gasteiger partial charge in [-0.05, 0) is 36.5 Å². The van der Waals surface area contributed by atoms with Gasteiger partial charge in [0.25, 0.3) is 0 Å². The van der Waals surface area contributed by atoms with Crippen molar-refractivity contribution in [3.8, 4) is 0 Å². The molecule has 2 heteroatoms. The van der Waals surface area contributed by atoms with E-state index in [4.69, 9.17) is 0 Å². The van der Waals surface area contributed by atoms with Crippen molar-refractivity contribution in [2.24, 2.45) is 0 Å². The minimum atomic E-state index is 1.09. The second-order valence-electron chi connectivity index (χ2n) is 3.97. The molecule has 16 heavy (non-hydrogen) atoms. The zero-order chi connectivity index (χ0) is 11.5. The van der Waals surface area contributed by atoms with Crippen LogP contribution in [0.4, 0.5) is 5.69 Å². The van der Waals surface area contributed by atoms with E-state index >= 15 is 0 Å². The van der Waals surface area contributed by atoms with E-state index in [1.165, 1.54) is 42.9 Å². The summed E-state index contributed by atoms with van der Waals surface area (Å²) >= 11 is 2.09. The molecule has 0 spiro atoms. The van der Waals surface area contributed by atoms with Gasteiger partial charge < -0.3 is 5.32 Å². The minimum absolute atomic E-state index is 1.09. The zero-order valence-electron chi connectivity index (χ0n) is 10.2. The van der Waals surface area contributed by atoms with Gasteiger partial charge in [0.05, 0.1) is 0 Å². The predicted molar refractivity (Wildman–Crippen MR) is 76.4 cm³/mol. The normalized spacial score (nSPS) is 10.3. The van der Waals surface area contributed by atoms with Gasteiger partial charge in [0.2, 0.25) is 0 Å². The lowest BCUT2D eigenvalue weighted by molar-refractivity contribution is 0.778. The van der Waals surface area contributed by atoms with E-state index in [1.54, 1.807) is 0 Å². The Hall–Kier alpha value is -0.630. The highest BCUT2D eigenvalue weighted by Gasteiger charge is 1.91. The molecule has 0 heterocycles. The Morgan fingerprint density at radius 3 is 2.50 bits per heavy atom. The number of anilines is 1. The molecule has 1 aromatic carbocycles. The van der Waals surface area contributed by atoms with E-state index in [-0.39, 0.29) is 0 Å². The molecule has 0 aliphatic rings. The molecule has 0 aliphatic heterocycles. The molecule has 90 valence electrons. The van der Waals surface area contributed by atoms with Gasteiger partial charge in [0.15, 0.2) is 0 Å². The average Bonchev–Trinajstić information content (AvgIpc) is 2.34. The van der Waals surface area contributed by atoms with Crippen molar-refractivity contribution in [3.05, 3.63) is 30.3 Å². The van der Waals surface area contributed by atoms with Crippen LogP contribution in [0.1, 0.15) is 32.6 Å². The van der Waals surface area contributed by atoms with Crippen LogP contribution in [0.5, 0.6) is 0 Å². The molecule has 0 bridgehead atoms. The highest BCUT2D eigenvalue weighted by Crippen LogP contribution is 2.09. The standard InChI is InChI=1S/C14H23NS/c1-2-3-7-12-16-13-8-11-15-14-9-5-4-6-10-14/h4-6,9-10,15H,2-3,7-8,11-13H2,1H3. The van der Waals surface area contributed by atoms with Crippen LogP contribution in [0.3, 0.4) is 0 Å². The molecule has 0 aromatic heterocycles. The molecule has 0 unspecified atom stereocenters. The highest BCUT2D eigenvalue weighted by molar-refractivity contribution is 7.99. The van der Waals surface area contributed by atoms with E-state index < -0.39 is 0 Å². The number of rotatable bonds is 9. The quantitative estimate of drug-likeness (QED) is 0.638. The molecule has 1 rings (SSSR count). The molecule has 1 N–H and O–H groups in total. The first kappa shape index (κ1) is 13.4. The lowest BCUT2D eigenvalue weighted by atomic mass is 10.3. The molecule has 0 fully saturated rings. The van der Waals surface area contributed by atoms with Crippen molar-refractivity contribution in [2.75, 3.05) is 23.4 Å². The van der Waals surface area contributed by atoms with E-state index in [0.717, 1.165) is 6.54 Å². The van der Waals surface area contributed by atoms with Crippen LogP contribution in [0.15, 0.2) is 30.3 Å². The second-order valence-corrected chi connectivity index (χ2v) is 5.19. The largest absolute Gasteiger partial charge is 0.385 e. The number of benzene rings is 1. The number of unbranched alkanes of at least 4 members (excludes halogenated alkanes) is 2. The van der Waals surface area contributed by atoms with Crippen molar-refractivity contribution in [2.45, 2.75) is 32.6 Å². The molecule has 0 atom stereocenters. The zero-order valence-corrected chi connectivity index (χ0v) is 11.1. The summed E-state index contributed by atoms with van der Waals surface area (Å²) in [7, 11) is 0. The third-order valence-corrected chi connectivity index (χ3v) is 3.62. The summed E-state index contributed by atoms with van der Waals surface area (Å²) in [5, 5.41) is 3.43. The van der Waals surface area contributed by atoms with Crippen molar-refractivity contribution < 1.29 is 0 Å². The molecule has 1 aromatic rings. The first-order valence-corrected chi connectivity index (χ1v) is 7.45. The molecular formula is C14H23NS. The van der Waals surface area contributed by atoms with Gasteiger partial charge >= 0.3 is 0 Å². The van der Waals surface area contributed by atoms with Crippen molar-refractivity contribution in [3.63, 3.8) is 0 Å². The fraction of sp³-hybridized carbons (Fsp3) is 0.571. The van der Waals surface area contributed by atoms with Gasteiger partial charge in [-0.25, -0.2) is 0 Å². The van der Waals surface area contributed by atoms with E-state index in [1.807, 2.05) is 0 Å². The number of hydrogen-bond donors (Lipinski definition) is 1. The van der Waals surface area contributed by atoms with Crippen LogP contribution >= 0.6 is 11.8 Å². The number of nitrogens with one attached hydrogen (secondary N) is 1. The fourth-order valence-corrected chi connectivity index (χ4v) is 2.48. The van der Waals surface area contributed by atoms with Gasteiger partial charge in [0.1, 0.15) is 0 Å². The topological polar surface area (TPSA) is 12.0 Å². The van der Waals surface area contributed by atoms with Gasteiger partial charge in [0, 0.05) is 12.2 Å². The third-order valence-electron chi connectivity index (χ3n) is 2.46. The molecule has 0 saturated heterocycles. The monoisotopic (exact) mass is 237 g/mol. The minimum Gasteiger partial charge on any atom is -0.385 e. The average molecular weight is 237 g/mol. The summed E-state index contributed by atoms with van der Waals surface area (Å²) in [4.78, 5) is 0. The summed E-state index contributed by atoms with van der Waals surface area (Å²) in [6.07, 6.45) is 5.35. The Balaban J connectivity index is 1.89. The maximum Gasteiger partial charge on any atom is 0.0340 e. The van der Waals surface area contributed by atoms with Gasteiger partial charge in [-0.1, -0.05) is 38.0 Å². The van der Waals surface area contributed by atoms with E-state index in [0.29, 0.717) is 0 Å². The number of hydrogen-bond acceptors (Lipinski definition) is 2. The molecular weight excluding hydrogens is 214 g/mol. The first-order valence-electron chi connectivity index (χ1n) is 6.30. The summed E-state index contributed by atoms with van der Waals surface area (Å²) in [5.41, 5.74) is 1.23. The maximum absolute atomic E-state index is 3.43. The maximum atomic E-state index is 3.43. The van der Waals surface area contributed by atoms with Crippen molar-refractivity contribution >= 4 is 17.4 Å². The predicted octanol–water partition coefficient (Wildman–Crippen LogP) is 4.41. The Bertz CT molecular complexity index is 248. The Kier molecular flexibility index (Phi) is 8.05. The van der Waals surface area contributed by atoms with Crippen molar-refractivity contribution in [1.82, 2.24) is 0 Å². The van der Waals surface area contributed by atoms with Crippen LogP contribution in [-0.4, -0.2) is 18.1 Å². The summed E-state index contributed by atoms with van der Waals surface area (Å²) in [6.45, 7) is 3.35. The van der Waals surface area contributed by atoms with E-state index in [9.17, 15) is 0 Å². The molecule has 0 amide bonds. The summed E-state index contributed by atoms with van der Waals surface area (Å²) in [6, 6.07) is 10.4. The van der Waals surface area contributed by atoms with Gasteiger partial charge in [-0.3, -0.25) is 0 Å². The molecule has 0 saturated carbocycles. The van der Waals surface area contributed by atoms with Gasteiger partial charge in [-0.2, -0.15) is 11.8 Å². The van der Waals surface area contributed by atoms with Gasteiger partial charge in [-0.15, -0.1) is 0 Å². The lowest BCUT2D eigenvalue weighted by Gasteiger charge is -2.05. The summed E-state index contributed by atoms with van der Waals surface area (Å²) < 4.78 is 0. The number of para-hydroxylation sites is 1. The van der Waals surface area contributed by atoms with Crippen LogP contribution in [-0.2, 0) is 0 Å². The summed E-state index contributed by atoms with van der Waals surface area (Å²) in [5.74, 6) is 2.61. The molecule has 0 aliphatic carbocycles. The Morgan fingerprint density at radius 1 is 1.00 bits per heavy atom.